The summed E-state index contributed by atoms with van der Waals surface area (Å²) in [6.45, 7) is 0.0878. The molecule has 2 nitrogen and oxygen atoms in total. The van der Waals surface area contributed by atoms with Crippen molar-refractivity contribution in [2.75, 3.05) is 0 Å². The monoisotopic (exact) mass is 178 g/mol. The lowest BCUT2D eigenvalue weighted by Crippen LogP contribution is -2.10. The summed E-state index contributed by atoms with van der Waals surface area (Å²) in [6, 6.07) is 7.76. The van der Waals surface area contributed by atoms with Gasteiger partial charge in [-0.1, -0.05) is 24.3 Å². The van der Waals surface area contributed by atoms with Gasteiger partial charge in [-0.3, -0.25) is 0 Å². The normalized spacial score (nSPS) is 18.6. The highest BCUT2D eigenvalue weighted by molar-refractivity contribution is 5.24. The Morgan fingerprint density at radius 1 is 1.08 bits per heavy atom. The summed E-state index contributed by atoms with van der Waals surface area (Å²) in [7, 11) is 0. The van der Waals surface area contributed by atoms with Crippen LogP contribution in [0.2, 0.25) is 0 Å². The molecule has 0 amide bonds. The molecule has 0 spiro atoms. The van der Waals surface area contributed by atoms with Crippen molar-refractivity contribution < 1.29 is 10.2 Å². The zero-order valence-corrected chi connectivity index (χ0v) is 7.53. The van der Waals surface area contributed by atoms with Crippen LogP contribution in [0, 0.1) is 0 Å². The SMILES string of the molecule is OCc1ccc(CC2(O)CC2)cc1. The Hall–Kier alpha value is -0.860. The third-order valence-electron chi connectivity index (χ3n) is 2.57. The molecule has 1 aromatic carbocycles. The van der Waals surface area contributed by atoms with Crippen molar-refractivity contribution in [3.05, 3.63) is 35.4 Å². The third-order valence-corrected chi connectivity index (χ3v) is 2.57. The number of aliphatic hydroxyl groups is 2. The minimum Gasteiger partial charge on any atom is -0.392 e. The first-order chi connectivity index (χ1) is 6.22. The van der Waals surface area contributed by atoms with E-state index in [1.165, 1.54) is 0 Å². The predicted octanol–water partition coefficient (Wildman–Crippen LogP) is 1.25. The van der Waals surface area contributed by atoms with E-state index in [-0.39, 0.29) is 6.61 Å². The summed E-state index contributed by atoms with van der Waals surface area (Å²) >= 11 is 0. The van der Waals surface area contributed by atoms with Gasteiger partial charge in [0.2, 0.25) is 0 Å². The largest absolute Gasteiger partial charge is 0.392 e. The Balaban J connectivity index is 2.05. The minimum atomic E-state index is -0.416. The number of hydrogen-bond donors (Lipinski definition) is 2. The second kappa shape index (κ2) is 3.13. The van der Waals surface area contributed by atoms with Crippen LogP contribution in [-0.2, 0) is 13.0 Å². The van der Waals surface area contributed by atoms with Crippen LogP contribution in [0.25, 0.3) is 0 Å². The molecule has 1 fully saturated rings. The molecule has 0 aromatic heterocycles. The number of benzene rings is 1. The summed E-state index contributed by atoms with van der Waals surface area (Å²) in [5.41, 5.74) is 1.66. The summed E-state index contributed by atoms with van der Waals surface area (Å²) in [4.78, 5) is 0. The van der Waals surface area contributed by atoms with Crippen LogP contribution in [-0.4, -0.2) is 15.8 Å². The lowest BCUT2D eigenvalue weighted by Gasteiger charge is -2.07. The van der Waals surface area contributed by atoms with E-state index in [4.69, 9.17) is 5.11 Å². The van der Waals surface area contributed by atoms with Crippen molar-refractivity contribution >= 4 is 0 Å². The molecule has 2 heteroatoms. The highest BCUT2D eigenvalue weighted by Gasteiger charge is 2.39. The molecule has 1 saturated carbocycles. The van der Waals surface area contributed by atoms with Crippen molar-refractivity contribution in [1.29, 1.82) is 0 Å². The smallest absolute Gasteiger partial charge is 0.0690 e. The topological polar surface area (TPSA) is 40.5 Å². The van der Waals surface area contributed by atoms with Gasteiger partial charge in [0, 0.05) is 6.42 Å². The maximum atomic E-state index is 9.66. The quantitative estimate of drug-likeness (QED) is 0.731. The van der Waals surface area contributed by atoms with E-state index in [0.29, 0.717) is 0 Å². The van der Waals surface area contributed by atoms with Gasteiger partial charge in [-0.15, -0.1) is 0 Å². The number of hydrogen-bond acceptors (Lipinski definition) is 2. The van der Waals surface area contributed by atoms with Crippen molar-refractivity contribution in [3.8, 4) is 0 Å². The molecular formula is C11H14O2. The Morgan fingerprint density at radius 3 is 2.08 bits per heavy atom. The Labute approximate surface area is 77.8 Å². The van der Waals surface area contributed by atoms with Crippen LogP contribution in [0.15, 0.2) is 24.3 Å². The fourth-order valence-electron chi connectivity index (χ4n) is 1.46. The molecule has 13 heavy (non-hydrogen) atoms. The molecule has 0 radical (unpaired) electrons. The third kappa shape index (κ3) is 2.08. The van der Waals surface area contributed by atoms with E-state index in [0.717, 1.165) is 30.4 Å². The van der Waals surface area contributed by atoms with Crippen LogP contribution >= 0.6 is 0 Å². The fraction of sp³-hybridized carbons (Fsp3) is 0.455. The van der Waals surface area contributed by atoms with Crippen LogP contribution in [0.3, 0.4) is 0 Å². The molecule has 2 rings (SSSR count). The Kier molecular flexibility index (Phi) is 2.10. The standard InChI is InChI=1S/C11H14O2/c12-8-10-3-1-9(2-4-10)7-11(13)5-6-11/h1-4,12-13H,5-8H2. The van der Waals surface area contributed by atoms with Crippen LogP contribution in [0.4, 0.5) is 0 Å². The van der Waals surface area contributed by atoms with E-state index in [9.17, 15) is 5.11 Å². The zero-order chi connectivity index (χ0) is 9.31. The van der Waals surface area contributed by atoms with Gasteiger partial charge < -0.3 is 10.2 Å². The first-order valence-corrected chi connectivity index (χ1v) is 4.63. The van der Waals surface area contributed by atoms with Crippen molar-refractivity contribution in [3.63, 3.8) is 0 Å². The average Bonchev–Trinajstić information content (AvgIpc) is 2.85. The van der Waals surface area contributed by atoms with Gasteiger partial charge in [0.1, 0.15) is 0 Å². The maximum absolute atomic E-state index is 9.66. The Morgan fingerprint density at radius 2 is 1.62 bits per heavy atom. The fourth-order valence-corrected chi connectivity index (χ4v) is 1.46. The van der Waals surface area contributed by atoms with Crippen molar-refractivity contribution in [2.45, 2.75) is 31.5 Å². The van der Waals surface area contributed by atoms with Gasteiger partial charge in [-0.05, 0) is 24.0 Å². The van der Waals surface area contributed by atoms with E-state index >= 15 is 0 Å². The molecule has 1 aromatic rings. The molecule has 0 atom stereocenters. The molecular weight excluding hydrogens is 164 g/mol. The second-order valence-corrected chi connectivity index (χ2v) is 3.88. The lowest BCUT2D eigenvalue weighted by molar-refractivity contribution is 0.151. The maximum Gasteiger partial charge on any atom is 0.0690 e. The molecule has 1 aliphatic carbocycles. The number of rotatable bonds is 3. The Bertz CT molecular complexity index is 285. The molecule has 0 heterocycles. The van der Waals surface area contributed by atoms with E-state index in [2.05, 4.69) is 0 Å². The van der Waals surface area contributed by atoms with Gasteiger partial charge in [-0.2, -0.15) is 0 Å². The molecule has 0 bridgehead atoms. The van der Waals surface area contributed by atoms with Gasteiger partial charge in [0.05, 0.1) is 12.2 Å². The van der Waals surface area contributed by atoms with Crippen LogP contribution < -0.4 is 0 Å². The van der Waals surface area contributed by atoms with Gasteiger partial charge in [-0.25, -0.2) is 0 Å². The molecule has 0 aliphatic heterocycles. The molecule has 0 saturated heterocycles. The molecule has 0 unspecified atom stereocenters. The first-order valence-electron chi connectivity index (χ1n) is 4.63. The average molecular weight is 178 g/mol. The summed E-state index contributed by atoms with van der Waals surface area (Å²) in [5, 5.41) is 18.5. The van der Waals surface area contributed by atoms with E-state index in [1.54, 1.807) is 0 Å². The highest BCUT2D eigenvalue weighted by Crippen LogP contribution is 2.38. The molecule has 1 aliphatic rings. The van der Waals surface area contributed by atoms with Crippen LogP contribution in [0.5, 0.6) is 0 Å². The summed E-state index contributed by atoms with van der Waals surface area (Å²) in [5.74, 6) is 0. The second-order valence-electron chi connectivity index (χ2n) is 3.88. The predicted molar refractivity (Wildman–Crippen MR) is 50.3 cm³/mol. The van der Waals surface area contributed by atoms with Gasteiger partial charge in [0.25, 0.3) is 0 Å². The van der Waals surface area contributed by atoms with Crippen molar-refractivity contribution in [2.24, 2.45) is 0 Å². The highest BCUT2D eigenvalue weighted by atomic mass is 16.3. The van der Waals surface area contributed by atoms with Gasteiger partial charge in [0.15, 0.2) is 0 Å². The molecule has 2 N–H and O–H groups in total. The summed E-state index contributed by atoms with van der Waals surface area (Å²) < 4.78 is 0. The molecule has 70 valence electrons. The van der Waals surface area contributed by atoms with Gasteiger partial charge >= 0.3 is 0 Å². The number of aliphatic hydroxyl groups excluding tert-OH is 1. The zero-order valence-electron chi connectivity index (χ0n) is 7.53. The van der Waals surface area contributed by atoms with E-state index < -0.39 is 5.60 Å². The van der Waals surface area contributed by atoms with Crippen LogP contribution in [0.1, 0.15) is 24.0 Å². The van der Waals surface area contributed by atoms with E-state index in [1.807, 2.05) is 24.3 Å². The lowest BCUT2D eigenvalue weighted by atomic mass is 10.1. The first kappa shape index (κ1) is 8.73. The summed E-state index contributed by atoms with van der Waals surface area (Å²) in [6.07, 6.45) is 2.60. The minimum absolute atomic E-state index is 0.0878. The van der Waals surface area contributed by atoms with Crippen molar-refractivity contribution in [1.82, 2.24) is 0 Å².